The molecule has 0 saturated heterocycles. The first-order valence-electron chi connectivity index (χ1n) is 8.10. The Balaban J connectivity index is 0.000000370. The predicted octanol–water partition coefficient (Wildman–Crippen LogP) is 2.83. The summed E-state index contributed by atoms with van der Waals surface area (Å²) < 4.78 is 34.5. The lowest BCUT2D eigenvalue weighted by atomic mass is 10.0. The number of aliphatic carboxylic acids is 1. The molecule has 0 bridgehead atoms. The van der Waals surface area contributed by atoms with E-state index in [1.165, 1.54) is 0 Å². The third-order valence-electron chi connectivity index (χ3n) is 3.60. The van der Waals surface area contributed by atoms with Crippen molar-refractivity contribution in [1.82, 2.24) is 14.8 Å². The van der Waals surface area contributed by atoms with Crippen LogP contribution in [0.4, 0.5) is 19.0 Å². The summed E-state index contributed by atoms with van der Waals surface area (Å²) >= 11 is 1.56. The lowest BCUT2D eigenvalue weighted by Gasteiger charge is -2.25. The second kappa shape index (κ2) is 8.89. The van der Waals surface area contributed by atoms with Crippen LogP contribution in [0.15, 0.2) is 36.1 Å². The van der Waals surface area contributed by atoms with Crippen molar-refractivity contribution in [3.63, 3.8) is 0 Å². The van der Waals surface area contributed by atoms with Gasteiger partial charge in [-0.1, -0.05) is 0 Å². The summed E-state index contributed by atoms with van der Waals surface area (Å²) in [7, 11) is 0. The molecule has 1 atom stereocenters. The number of thiophene rings is 1. The van der Waals surface area contributed by atoms with Crippen LogP contribution in [-0.2, 0) is 11.3 Å². The van der Waals surface area contributed by atoms with Crippen molar-refractivity contribution in [2.24, 2.45) is 5.73 Å². The van der Waals surface area contributed by atoms with Gasteiger partial charge < -0.3 is 16.2 Å². The van der Waals surface area contributed by atoms with Crippen LogP contribution in [0.25, 0.3) is 10.1 Å². The van der Waals surface area contributed by atoms with Crippen LogP contribution < -0.4 is 11.1 Å². The van der Waals surface area contributed by atoms with Gasteiger partial charge in [-0.15, -0.1) is 11.3 Å². The average molecular weight is 426 g/mol. The molecular weight excluding hydrogens is 409 g/mol. The Bertz CT molecular complexity index is 1010. The molecule has 0 spiro atoms. The Morgan fingerprint density at radius 1 is 1.48 bits per heavy atom. The number of nitrogens with two attached hydrogens (primary N) is 1. The highest BCUT2D eigenvalue weighted by Crippen LogP contribution is 2.29. The molecule has 4 N–H and O–H groups in total. The lowest BCUT2D eigenvalue weighted by molar-refractivity contribution is -0.192. The normalized spacial score (nSPS) is 13.1. The molecule has 0 aliphatic heterocycles. The number of nitrogens with one attached hydrogen (secondary N) is 1. The molecule has 12 heteroatoms. The molecule has 154 valence electrons. The predicted molar refractivity (Wildman–Crippen MR) is 101 cm³/mol. The number of pyridine rings is 1. The fourth-order valence-electron chi connectivity index (χ4n) is 2.28. The van der Waals surface area contributed by atoms with Crippen molar-refractivity contribution >= 4 is 33.2 Å². The first-order chi connectivity index (χ1) is 13.5. The van der Waals surface area contributed by atoms with Gasteiger partial charge in [0, 0.05) is 36.1 Å². The van der Waals surface area contributed by atoms with Crippen molar-refractivity contribution in [3.8, 4) is 6.07 Å². The molecule has 1 unspecified atom stereocenters. The van der Waals surface area contributed by atoms with Crippen molar-refractivity contribution in [3.05, 3.63) is 41.7 Å². The van der Waals surface area contributed by atoms with Crippen LogP contribution >= 0.6 is 11.3 Å². The molecule has 29 heavy (non-hydrogen) atoms. The highest BCUT2D eigenvalue weighted by molar-refractivity contribution is 7.17. The molecule has 3 aromatic rings. The van der Waals surface area contributed by atoms with Gasteiger partial charge in [0.15, 0.2) is 0 Å². The van der Waals surface area contributed by atoms with Gasteiger partial charge in [-0.3, -0.25) is 4.68 Å². The molecule has 0 aliphatic carbocycles. The maximum Gasteiger partial charge on any atom is 0.490 e. The Morgan fingerprint density at radius 2 is 2.17 bits per heavy atom. The quantitative estimate of drug-likeness (QED) is 0.572. The van der Waals surface area contributed by atoms with Gasteiger partial charge in [-0.05, 0) is 24.4 Å². The van der Waals surface area contributed by atoms with E-state index < -0.39 is 17.7 Å². The van der Waals surface area contributed by atoms with Crippen LogP contribution in [-0.4, -0.2) is 44.1 Å². The number of anilines is 1. The molecular formula is C17H17F3N6O2S. The summed E-state index contributed by atoms with van der Waals surface area (Å²) in [4.78, 5) is 13.2. The van der Waals surface area contributed by atoms with Gasteiger partial charge in [-0.2, -0.15) is 23.5 Å². The topological polar surface area (TPSA) is 130 Å². The lowest BCUT2D eigenvalue weighted by Crippen LogP contribution is -2.47. The maximum absolute atomic E-state index is 10.6. The highest BCUT2D eigenvalue weighted by Gasteiger charge is 2.38. The number of alkyl halides is 3. The molecule has 0 aromatic carbocycles. The Kier molecular flexibility index (Phi) is 6.78. The zero-order valence-electron chi connectivity index (χ0n) is 15.1. The second-order valence-corrected chi connectivity index (χ2v) is 7.23. The van der Waals surface area contributed by atoms with Crippen molar-refractivity contribution < 1.29 is 23.1 Å². The molecule has 3 heterocycles. The van der Waals surface area contributed by atoms with Crippen LogP contribution in [0, 0.1) is 11.3 Å². The molecule has 0 fully saturated rings. The van der Waals surface area contributed by atoms with Gasteiger partial charge in [0.1, 0.15) is 11.9 Å². The number of rotatable bonds is 5. The van der Waals surface area contributed by atoms with Gasteiger partial charge in [0.25, 0.3) is 0 Å². The van der Waals surface area contributed by atoms with E-state index in [1.54, 1.807) is 23.7 Å². The SMILES string of the molecule is CC(N)(CNc1ncc(C#N)c2ccsc12)Cn1cccn1.O=C(O)C(F)(F)F. The van der Waals surface area contributed by atoms with Crippen LogP contribution in [0.3, 0.4) is 0 Å². The number of fused-ring (bicyclic) bond motifs is 1. The van der Waals surface area contributed by atoms with E-state index >= 15 is 0 Å². The number of carbonyl (C=O) groups is 1. The molecule has 3 rings (SSSR count). The molecule has 0 saturated carbocycles. The van der Waals surface area contributed by atoms with Crippen LogP contribution in [0.1, 0.15) is 12.5 Å². The molecule has 8 nitrogen and oxygen atoms in total. The average Bonchev–Trinajstić information content (AvgIpc) is 3.30. The van der Waals surface area contributed by atoms with Crippen molar-refractivity contribution in [2.75, 3.05) is 11.9 Å². The molecule has 3 aromatic heterocycles. The molecule has 0 amide bonds. The summed E-state index contributed by atoms with van der Waals surface area (Å²) in [6.45, 7) is 3.13. The minimum atomic E-state index is -5.08. The second-order valence-electron chi connectivity index (χ2n) is 6.31. The smallest absolute Gasteiger partial charge is 0.475 e. The Morgan fingerprint density at radius 3 is 2.72 bits per heavy atom. The number of aromatic nitrogens is 3. The monoisotopic (exact) mass is 426 g/mol. The van der Waals surface area contributed by atoms with E-state index in [1.807, 2.05) is 35.3 Å². The summed E-state index contributed by atoms with van der Waals surface area (Å²) in [6.07, 6.45) is 0.141. The van der Waals surface area contributed by atoms with Crippen LogP contribution in [0.2, 0.25) is 0 Å². The Hall–Kier alpha value is -3.17. The number of hydrogen-bond donors (Lipinski definition) is 3. The molecule has 0 aliphatic rings. The highest BCUT2D eigenvalue weighted by atomic mass is 32.1. The summed E-state index contributed by atoms with van der Waals surface area (Å²) in [5, 5.41) is 26.6. The first kappa shape index (κ1) is 22.1. The number of carboxylic acids is 1. The van der Waals surface area contributed by atoms with Crippen LogP contribution in [0.5, 0.6) is 0 Å². The molecule has 0 radical (unpaired) electrons. The van der Waals surface area contributed by atoms with E-state index in [-0.39, 0.29) is 0 Å². The third-order valence-corrected chi connectivity index (χ3v) is 4.52. The van der Waals surface area contributed by atoms with Gasteiger partial charge in [0.2, 0.25) is 0 Å². The third kappa shape index (κ3) is 6.16. The van der Waals surface area contributed by atoms with Gasteiger partial charge in [-0.25, -0.2) is 9.78 Å². The fourth-order valence-corrected chi connectivity index (χ4v) is 3.16. The van der Waals surface area contributed by atoms with Gasteiger partial charge >= 0.3 is 12.1 Å². The Labute approximate surface area is 167 Å². The van der Waals surface area contributed by atoms with E-state index in [0.717, 1.165) is 15.9 Å². The van der Waals surface area contributed by atoms with E-state index in [2.05, 4.69) is 21.5 Å². The van der Waals surface area contributed by atoms with Gasteiger partial charge in [0.05, 0.1) is 16.8 Å². The number of carboxylic acid groups (broad SMARTS) is 1. The standard InChI is InChI=1S/C15H16N6S.C2HF3O2/c1-15(17,10-21-5-2-4-20-21)9-19-14-13-12(3-6-22-13)11(7-16)8-18-14;3-2(4,5)1(6)7/h2-6,8H,9-10,17H2,1H3,(H,18,19);(H,6,7). The number of halogens is 3. The van der Waals surface area contributed by atoms with E-state index in [4.69, 9.17) is 20.9 Å². The number of hydrogen-bond acceptors (Lipinski definition) is 7. The summed E-state index contributed by atoms with van der Waals surface area (Å²) in [6, 6.07) is 5.98. The van der Waals surface area contributed by atoms with E-state index in [0.29, 0.717) is 18.7 Å². The first-order valence-corrected chi connectivity index (χ1v) is 8.98. The van der Waals surface area contributed by atoms with Crippen molar-refractivity contribution in [1.29, 1.82) is 5.26 Å². The maximum atomic E-state index is 10.6. The fraction of sp³-hybridized carbons (Fsp3) is 0.294. The minimum Gasteiger partial charge on any atom is -0.475 e. The zero-order chi connectivity index (χ0) is 21.7. The summed E-state index contributed by atoms with van der Waals surface area (Å²) in [5.41, 5.74) is 6.46. The zero-order valence-corrected chi connectivity index (χ0v) is 16.0. The number of nitriles is 1. The summed E-state index contributed by atoms with van der Waals surface area (Å²) in [5.74, 6) is -1.99. The largest absolute Gasteiger partial charge is 0.490 e. The van der Waals surface area contributed by atoms with Crippen molar-refractivity contribution in [2.45, 2.75) is 25.2 Å². The van der Waals surface area contributed by atoms with E-state index in [9.17, 15) is 13.2 Å². The minimum absolute atomic E-state index is 0.467. The number of nitrogens with zero attached hydrogens (tertiary/aromatic N) is 4.